The Morgan fingerprint density at radius 3 is 0.948 bits per heavy atom. The fourth-order valence-electron chi connectivity index (χ4n) is 8.05. The van der Waals surface area contributed by atoms with Crippen LogP contribution in [0.5, 0.6) is 0 Å². The molecule has 0 aromatic heterocycles. The summed E-state index contributed by atoms with van der Waals surface area (Å²) in [5.41, 5.74) is 3.70. The van der Waals surface area contributed by atoms with E-state index in [0.717, 1.165) is 58.7 Å². The van der Waals surface area contributed by atoms with Crippen molar-refractivity contribution < 1.29 is 53.7 Å². The summed E-state index contributed by atoms with van der Waals surface area (Å²) in [7, 11) is -15.9. The molecule has 58 heavy (non-hydrogen) atoms. The Labute approximate surface area is 334 Å². The second kappa shape index (κ2) is 18.4. The predicted molar refractivity (Wildman–Crippen MR) is 222 cm³/mol. The average Bonchev–Trinajstić information content (AvgIpc) is 3.17. The van der Waals surface area contributed by atoms with Gasteiger partial charge in [-0.25, -0.2) is 0 Å². The minimum atomic E-state index is -6.00. The van der Waals surface area contributed by atoms with Crippen LogP contribution in [0.4, 0.5) is 34.5 Å². The van der Waals surface area contributed by atoms with Crippen LogP contribution >= 0.6 is 14.5 Å². The third kappa shape index (κ3) is 9.65. The van der Waals surface area contributed by atoms with Crippen molar-refractivity contribution in [2.24, 2.45) is 0 Å². The molecular weight excluding hydrogens is 808 g/mol. The highest BCUT2D eigenvalue weighted by atomic mass is 31.2. The minimum Gasteiger partial charge on any atom is -0.418 e. The maximum Gasteiger partial charge on any atom is 0.673 e. The first-order chi connectivity index (χ1) is 27.1. The highest BCUT2D eigenvalue weighted by Gasteiger charge is 2.51. The van der Waals surface area contributed by atoms with Gasteiger partial charge >= 0.3 is 14.5 Å². The highest BCUT2D eigenvalue weighted by molar-refractivity contribution is 7.83. The Bertz CT molecular complexity index is 1980. The van der Waals surface area contributed by atoms with Gasteiger partial charge in [0, 0.05) is 25.3 Å². The van der Waals surface area contributed by atoms with E-state index in [1.165, 1.54) is 9.80 Å². The van der Waals surface area contributed by atoms with Crippen LogP contribution in [0.3, 0.4) is 0 Å². The van der Waals surface area contributed by atoms with Crippen LogP contribution < -0.4 is 10.6 Å². The fraction of sp³-hybridized carbons (Fsp3) is 0.350. The van der Waals surface area contributed by atoms with Gasteiger partial charge in [-0.05, 0) is 64.8 Å². The van der Waals surface area contributed by atoms with Crippen molar-refractivity contribution in [1.29, 1.82) is 0 Å². The average molecular weight is 854 g/mol. The van der Waals surface area contributed by atoms with Crippen molar-refractivity contribution in [2.75, 3.05) is 37.0 Å². The number of halogens is 8. The van der Waals surface area contributed by atoms with Gasteiger partial charge in [0.25, 0.3) is 23.6 Å². The number of amides is 4. The van der Waals surface area contributed by atoms with Gasteiger partial charge in [-0.1, -0.05) is 60.7 Å². The summed E-state index contributed by atoms with van der Waals surface area (Å²) in [6.07, 6.45) is 5.22. The summed E-state index contributed by atoms with van der Waals surface area (Å²) in [6.45, 7) is 13.4. The van der Waals surface area contributed by atoms with Gasteiger partial charge in [0.05, 0.1) is 72.3 Å². The lowest BCUT2D eigenvalue weighted by Crippen LogP contribution is -2.47. The number of imide groups is 2. The van der Waals surface area contributed by atoms with Crippen molar-refractivity contribution in [3.8, 4) is 0 Å². The Hall–Kier alpha value is -4.15. The van der Waals surface area contributed by atoms with E-state index in [0.29, 0.717) is 33.0 Å². The SMILES string of the molecule is CC[P+](CC)(CC)c1cc2c3c(c([P+](CC)(CC)CC)cc4c3c1C(=O)N(Cc1ccccc1)C4=O)C(=O)N(Cc1ccccc1)C2=O.F[B-](F)(F)F.F[B-](F)(F)F. The normalized spacial score (nSPS) is 14.3. The lowest BCUT2D eigenvalue weighted by atomic mass is 9.85. The van der Waals surface area contributed by atoms with Gasteiger partial charge < -0.3 is 34.5 Å². The molecule has 0 radical (unpaired) electrons. The van der Waals surface area contributed by atoms with Crippen LogP contribution in [-0.4, -0.2) is 84.9 Å². The number of carbonyl (C=O) groups excluding carboxylic acids is 4. The Morgan fingerprint density at radius 1 is 0.448 bits per heavy atom. The molecule has 0 atom stereocenters. The van der Waals surface area contributed by atoms with Crippen molar-refractivity contribution in [3.63, 3.8) is 0 Å². The quantitative estimate of drug-likeness (QED) is 0.0616. The molecule has 2 heterocycles. The molecule has 0 spiro atoms. The molecule has 2 aliphatic heterocycles. The van der Waals surface area contributed by atoms with E-state index in [2.05, 4.69) is 41.5 Å². The Kier molecular flexibility index (Phi) is 14.8. The van der Waals surface area contributed by atoms with Gasteiger partial charge in [0.1, 0.15) is 10.6 Å². The van der Waals surface area contributed by atoms with E-state index in [4.69, 9.17) is 0 Å². The summed E-state index contributed by atoms with van der Waals surface area (Å²) in [5, 5.41) is 2.86. The maximum atomic E-state index is 14.8. The maximum absolute atomic E-state index is 14.8. The molecule has 6 nitrogen and oxygen atoms in total. The van der Waals surface area contributed by atoms with Crippen LogP contribution in [0.2, 0.25) is 0 Å². The zero-order valence-electron chi connectivity index (χ0n) is 33.2. The molecule has 0 N–H and O–H groups in total. The van der Waals surface area contributed by atoms with E-state index < -0.39 is 29.0 Å². The molecule has 0 aliphatic carbocycles. The highest BCUT2D eigenvalue weighted by Crippen LogP contribution is 2.61. The molecule has 0 bridgehead atoms. The zero-order valence-corrected chi connectivity index (χ0v) is 35.0. The number of benzene rings is 4. The lowest BCUT2D eigenvalue weighted by molar-refractivity contribution is 0.0578. The summed E-state index contributed by atoms with van der Waals surface area (Å²) >= 11 is 0. The molecule has 0 unspecified atom stereocenters. The Balaban J connectivity index is 0.000000665. The first kappa shape index (κ1) is 46.5. The number of nitrogens with zero attached hydrogens (tertiary/aromatic N) is 2. The van der Waals surface area contributed by atoms with Gasteiger partial charge in [-0.15, -0.1) is 0 Å². The third-order valence-electron chi connectivity index (χ3n) is 11.3. The van der Waals surface area contributed by atoms with E-state index >= 15 is 0 Å². The van der Waals surface area contributed by atoms with E-state index in [-0.39, 0.29) is 36.7 Å². The fourth-order valence-corrected chi connectivity index (χ4v) is 15.0. The smallest absolute Gasteiger partial charge is 0.418 e. The molecule has 6 rings (SSSR count). The number of rotatable bonds is 12. The van der Waals surface area contributed by atoms with Gasteiger partial charge in [-0.2, -0.15) is 0 Å². The first-order valence-electron chi connectivity index (χ1n) is 19.1. The number of carbonyl (C=O) groups is 4. The van der Waals surface area contributed by atoms with Crippen LogP contribution in [0.25, 0.3) is 10.8 Å². The van der Waals surface area contributed by atoms with Crippen LogP contribution in [-0.2, 0) is 13.1 Å². The molecule has 18 heteroatoms. The monoisotopic (exact) mass is 854 g/mol. The second-order valence-corrected chi connectivity index (χ2v) is 23.3. The van der Waals surface area contributed by atoms with Gasteiger partial charge in [-0.3, -0.25) is 29.0 Å². The number of hydrogen-bond acceptors (Lipinski definition) is 4. The van der Waals surface area contributed by atoms with Crippen molar-refractivity contribution in [3.05, 3.63) is 106 Å². The molecule has 0 saturated heterocycles. The minimum absolute atomic E-state index is 0.159. The molecule has 312 valence electrons. The van der Waals surface area contributed by atoms with Gasteiger partial charge in [0.2, 0.25) is 0 Å². The molecule has 0 fully saturated rings. The standard InChI is InChI=1S/C40H46N2O4P2.2BF4/c1-7-47(8-2,9-3)31-23-29-34-33-30(38(44)41(39(45)35(31)33)25-27-19-15-13-16-20-27)24-32(48(10-4,11-5)12-6)36(34)40(46)42(37(29)43)26-28-21-17-14-18-22-28;2*2-1(3,4)5/h13-24H,7-12,25-26H2,1-6H3;;/q+2;2*-1. The summed E-state index contributed by atoms with van der Waals surface area (Å²) < 4.78 is 78.0. The summed E-state index contributed by atoms with van der Waals surface area (Å²) in [4.78, 5) is 61.8. The molecule has 0 saturated carbocycles. The molecular formula is C40H46B2F8N2O4P2. The van der Waals surface area contributed by atoms with Crippen LogP contribution in [0.1, 0.15) is 94.1 Å². The van der Waals surface area contributed by atoms with E-state index in [9.17, 15) is 53.7 Å². The zero-order chi connectivity index (χ0) is 43.4. The van der Waals surface area contributed by atoms with E-state index in [1.54, 1.807) is 0 Å². The van der Waals surface area contributed by atoms with Crippen molar-refractivity contribution in [1.82, 2.24) is 9.80 Å². The third-order valence-corrected chi connectivity index (χ3v) is 21.3. The summed E-state index contributed by atoms with van der Waals surface area (Å²) in [6, 6.07) is 23.2. The second-order valence-electron chi connectivity index (χ2n) is 13.9. The van der Waals surface area contributed by atoms with Crippen LogP contribution in [0, 0.1) is 0 Å². The predicted octanol–water partition coefficient (Wildman–Crippen LogP) is 10.4. The molecule has 4 amide bonds. The largest absolute Gasteiger partial charge is 0.673 e. The molecule has 4 aromatic rings. The van der Waals surface area contributed by atoms with Gasteiger partial charge in [0.15, 0.2) is 0 Å². The van der Waals surface area contributed by atoms with Crippen molar-refractivity contribution in [2.45, 2.75) is 54.6 Å². The van der Waals surface area contributed by atoms with Crippen molar-refractivity contribution >= 4 is 74.0 Å². The summed E-state index contributed by atoms with van der Waals surface area (Å²) in [5.74, 6) is -1.36. The number of hydrogen-bond donors (Lipinski definition) is 0. The molecule has 2 aliphatic rings. The topological polar surface area (TPSA) is 74.8 Å². The Morgan fingerprint density at radius 2 is 0.707 bits per heavy atom. The first-order valence-corrected chi connectivity index (χ1v) is 23.8. The lowest BCUT2D eigenvalue weighted by Gasteiger charge is -2.37. The van der Waals surface area contributed by atoms with Crippen LogP contribution in [0.15, 0.2) is 72.8 Å². The van der Waals surface area contributed by atoms with E-state index in [1.807, 2.05) is 72.8 Å². The molecule has 4 aromatic carbocycles.